The summed E-state index contributed by atoms with van der Waals surface area (Å²) in [6, 6.07) is 10.2. The van der Waals surface area contributed by atoms with Crippen LogP contribution in [0, 0.1) is 0 Å². The second-order valence-electron chi connectivity index (χ2n) is 3.90. The van der Waals surface area contributed by atoms with Gasteiger partial charge >= 0.3 is 0 Å². The zero-order chi connectivity index (χ0) is 13.0. The van der Waals surface area contributed by atoms with E-state index in [9.17, 15) is 0 Å². The zero-order valence-electron chi connectivity index (χ0n) is 10.7. The fraction of sp³-hybridized carbons (Fsp3) is 0.333. The lowest BCUT2D eigenvalue weighted by Crippen LogP contribution is -2.01. The molecule has 0 saturated carbocycles. The normalized spacial score (nSPS) is 10.6. The van der Waals surface area contributed by atoms with E-state index in [2.05, 4.69) is 12.1 Å². The van der Waals surface area contributed by atoms with Gasteiger partial charge in [0.2, 0.25) is 0 Å². The fourth-order valence-electron chi connectivity index (χ4n) is 2.07. The van der Waals surface area contributed by atoms with Crippen molar-refractivity contribution in [1.82, 2.24) is 0 Å². The van der Waals surface area contributed by atoms with Crippen molar-refractivity contribution in [1.29, 1.82) is 0 Å². The molecule has 3 heteroatoms. The van der Waals surface area contributed by atoms with Gasteiger partial charge in [-0.05, 0) is 30.7 Å². The molecule has 2 rings (SSSR count). The Labute approximate surface area is 112 Å². The Kier molecular flexibility index (Phi) is 4.32. The summed E-state index contributed by atoms with van der Waals surface area (Å²) in [4.78, 5) is 0. The quantitative estimate of drug-likeness (QED) is 0.747. The highest BCUT2D eigenvalue weighted by Crippen LogP contribution is 2.38. The molecule has 18 heavy (non-hydrogen) atoms. The van der Waals surface area contributed by atoms with Crippen molar-refractivity contribution in [2.75, 3.05) is 13.2 Å². The molecule has 0 aliphatic rings. The van der Waals surface area contributed by atoms with E-state index in [0.29, 0.717) is 19.1 Å². The van der Waals surface area contributed by atoms with Gasteiger partial charge in [-0.1, -0.05) is 24.3 Å². The molecule has 2 aromatic rings. The summed E-state index contributed by atoms with van der Waals surface area (Å²) in [7, 11) is 0. The van der Waals surface area contributed by atoms with Crippen LogP contribution in [0.15, 0.2) is 30.3 Å². The summed E-state index contributed by atoms with van der Waals surface area (Å²) in [5.41, 5.74) is 1.00. The van der Waals surface area contributed by atoms with E-state index in [0.717, 1.165) is 27.8 Å². The van der Waals surface area contributed by atoms with Gasteiger partial charge in [0.05, 0.1) is 19.1 Å². The van der Waals surface area contributed by atoms with Gasteiger partial charge in [-0.25, -0.2) is 0 Å². The number of halogens is 1. The van der Waals surface area contributed by atoms with Gasteiger partial charge in [0.1, 0.15) is 0 Å². The highest BCUT2D eigenvalue weighted by Gasteiger charge is 2.14. The molecule has 0 atom stereocenters. The van der Waals surface area contributed by atoms with Crippen LogP contribution in [-0.2, 0) is 5.88 Å². The van der Waals surface area contributed by atoms with Crippen LogP contribution >= 0.6 is 11.6 Å². The van der Waals surface area contributed by atoms with Crippen molar-refractivity contribution in [3.8, 4) is 11.5 Å². The first-order chi connectivity index (χ1) is 8.81. The van der Waals surface area contributed by atoms with Gasteiger partial charge in [0.25, 0.3) is 0 Å². The van der Waals surface area contributed by atoms with E-state index >= 15 is 0 Å². The maximum atomic E-state index is 6.08. The second-order valence-corrected chi connectivity index (χ2v) is 4.17. The minimum absolute atomic E-state index is 0.413. The average Bonchev–Trinajstić information content (AvgIpc) is 2.40. The smallest absolute Gasteiger partial charge is 0.166 e. The molecule has 0 N–H and O–H groups in total. The largest absolute Gasteiger partial charge is 0.490 e. The van der Waals surface area contributed by atoms with Crippen LogP contribution in [0.2, 0.25) is 0 Å². The summed E-state index contributed by atoms with van der Waals surface area (Å²) >= 11 is 6.08. The van der Waals surface area contributed by atoms with Crippen molar-refractivity contribution in [3.05, 3.63) is 35.9 Å². The lowest BCUT2D eigenvalue weighted by Gasteiger charge is -2.16. The molecule has 0 bridgehead atoms. The minimum Gasteiger partial charge on any atom is -0.490 e. The van der Waals surface area contributed by atoms with Crippen molar-refractivity contribution in [3.63, 3.8) is 0 Å². The van der Waals surface area contributed by atoms with Crippen LogP contribution in [-0.4, -0.2) is 13.2 Å². The molecule has 0 aliphatic heterocycles. The molecule has 0 aliphatic carbocycles. The molecule has 2 aromatic carbocycles. The van der Waals surface area contributed by atoms with Crippen LogP contribution in [0.3, 0.4) is 0 Å². The van der Waals surface area contributed by atoms with Gasteiger partial charge in [-0.2, -0.15) is 0 Å². The third-order valence-corrected chi connectivity index (χ3v) is 3.06. The first-order valence-corrected chi connectivity index (χ1v) is 6.71. The fourth-order valence-corrected chi connectivity index (χ4v) is 2.34. The molecule has 0 saturated heterocycles. The number of rotatable bonds is 5. The lowest BCUT2D eigenvalue weighted by molar-refractivity contribution is 0.287. The molecular weight excluding hydrogens is 248 g/mol. The third kappa shape index (κ3) is 2.39. The maximum Gasteiger partial charge on any atom is 0.166 e. The van der Waals surface area contributed by atoms with Crippen LogP contribution in [0.4, 0.5) is 0 Å². The highest BCUT2D eigenvalue weighted by molar-refractivity contribution is 6.18. The number of fused-ring (bicyclic) bond motifs is 1. The molecule has 0 spiro atoms. The Morgan fingerprint density at radius 1 is 1.06 bits per heavy atom. The van der Waals surface area contributed by atoms with E-state index in [1.807, 2.05) is 32.0 Å². The topological polar surface area (TPSA) is 18.5 Å². The van der Waals surface area contributed by atoms with E-state index in [-0.39, 0.29) is 0 Å². The highest BCUT2D eigenvalue weighted by atomic mass is 35.5. The number of hydrogen-bond acceptors (Lipinski definition) is 2. The predicted octanol–water partition coefficient (Wildman–Crippen LogP) is 4.38. The molecule has 0 unspecified atom stereocenters. The van der Waals surface area contributed by atoms with E-state index in [1.54, 1.807) is 0 Å². The van der Waals surface area contributed by atoms with Gasteiger partial charge < -0.3 is 9.47 Å². The summed E-state index contributed by atoms with van der Waals surface area (Å²) in [5, 5.41) is 2.25. The zero-order valence-corrected chi connectivity index (χ0v) is 11.5. The Balaban J connectivity index is 2.69. The van der Waals surface area contributed by atoms with Gasteiger partial charge in [0.15, 0.2) is 11.5 Å². The lowest BCUT2D eigenvalue weighted by atomic mass is 10.0. The van der Waals surface area contributed by atoms with E-state index < -0.39 is 0 Å². The number of alkyl halides is 1. The van der Waals surface area contributed by atoms with Crippen LogP contribution in [0.25, 0.3) is 10.8 Å². The Hall–Kier alpha value is -1.41. The predicted molar refractivity (Wildman–Crippen MR) is 75.8 cm³/mol. The maximum absolute atomic E-state index is 6.08. The first kappa shape index (κ1) is 13.0. The van der Waals surface area contributed by atoms with Crippen molar-refractivity contribution in [2.24, 2.45) is 0 Å². The van der Waals surface area contributed by atoms with Crippen molar-refractivity contribution in [2.45, 2.75) is 19.7 Å². The Bertz CT molecular complexity index is 537. The van der Waals surface area contributed by atoms with Gasteiger partial charge in [-0.15, -0.1) is 11.6 Å². The number of hydrogen-bond donors (Lipinski definition) is 0. The average molecular weight is 265 g/mol. The molecule has 96 valence electrons. The minimum atomic E-state index is 0.413. The molecular formula is C15H17ClO2. The number of benzene rings is 2. The molecule has 0 heterocycles. The summed E-state index contributed by atoms with van der Waals surface area (Å²) < 4.78 is 11.4. The monoisotopic (exact) mass is 264 g/mol. The van der Waals surface area contributed by atoms with Gasteiger partial charge in [-0.3, -0.25) is 0 Å². The molecule has 2 nitrogen and oxygen atoms in total. The van der Waals surface area contributed by atoms with E-state index in [1.165, 1.54) is 0 Å². The SMILES string of the molecule is CCOc1cc2ccccc2c(CCl)c1OCC. The van der Waals surface area contributed by atoms with E-state index in [4.69, 9.17) is 21.1 Å². The molecule has 0 amide bonds. The molecule has 0 fully saturated rings. The Morgan fingerprint density at radius 3 is 2.44 bits per heavy atom. The third-order valence-electron chi connectivity index (χ3n) is 2.79. The van der Waals surface area contributed by atoms with Crippen molar-refractivity contribution < 1.29 is 9.47 Å². The standard InChI is InChI=1S/C15H17ClO2/c1-3-17-14-9-11-7-5-6-8-12(11)13(10-16)15(14)18-4-2/h5-9H,3-4,10H2,1-2H3. The van der Waals surface area contributed by atoms with Crippen LogP contribution < -0.4 is 9.47 Å². The van der Waals surface area contributed by atoms with Crippen LogP contribution in [0.5, 0.6) is 11.5 Å². The second kappa shape index (κ2) is 5.96. The summed E-state index contributed by atoms with van der Waals surface area (Å²) in [5.74, 6) is 1.96. The summed E-state index contributed by atoms with van der Waals surface area (Å²) in [6.07, 6.45) is 0. The Morgan fingerprint density at radius 2 is 1.78 bits per heavy atom. The van der Waals surface area contributed by atoms with Gasteiger partial charge in [0, 0.05) is 5.56 Å². The number of ether oxygens (including phenoxy) is 2. The summed E-state index contributed by atoms with van der Waals surface area (Å²) in [6.45, 7) is 5.14. The molecule has 0 aromatic heterocycles. The van der Waals surface area contributed by atoms with Crippen molar-refractivity contribution >= 4 is 22.4 Å². The molecule has 0 radical (unpaired) electrons. The van der Waals surface area contributed by atoms with Crippen LogP contribution in [0.1, 0.15) is 19.4 Å². The first-order valence-electron chi connectivity index (χ1n) is 6.18.